The van der Waals surface area contributed by atoms with Crippen molar-refractivity contribution < 1.29 is 14.3 Å². The van der Waals surface area contributed by atoms with Gasteiger partial charge in [-0.05, 0) is 33.4 Å². The van der Waals surface area contributed by atoms with Crippen LogP contribution in [0.2, 0.25) is 0 Å². The van der Waals surface area contributed by atoms with Crippen LogP contribution in [0.3, 0.4) is 0 Å². The fourth-order valence-electron chi connectivity index (χ4n) is 1.69. The third kappa shape index (κ3) is 2.42. The van der Waals surface area contributed by atoms with Crippen molar-refractivity contribution in [3.63, 3.8) is 0 Å². The zero-order valence-electron chi connectivity index (χ0n) is 9.27. The number of rotatable bonds is 3. The molecule has 4 heteroatoms. The zero-order chi connectivity index (χ0) is 12.3. The first-order valence-electron chi connectivity index (χ1n) is 5.06. The second-order valence-electron chi connectivity index (χ2n) is 3.44. The van der Waals surface area contributed by atoms with Crippen molar-refractivity contribution in [2.24, 2.45) is 0 Å². The summed E-state index contributed by atoms with van der Waals surface area (Å²) in [5.41, 5.74) is 0.865. The van der Waals surface area contributed by atoms with Crippen LogP contribution in [-0.2, 0) is 4.74 Å². The second kappa shape index (κ2) is 5.19. The Kier molecular flexibility index (Phi) is 3.64. The Morgan fingerprint density at radius 1 is 1.29 bits per heavy atom. The first kappa shape index (κ1) is 11.9. The summed E-state index contributed by atoms with van der Waals surface area (Å²) < 4.78 is 10.2. The summed E-state index contributed by atoms with van der Waals surface area (Å²) in [6.07, 6.45) is 0. The van der Waals surface area contributed by atoms with Crippen LogP contribution in [-0.4, -0.2) is 18.6 Å². The third-order valence-electron chi connectivity index (χ3n) is 2.46. The standard InChI is InChI=1S/C13H11BrO3/c1-16-13(15)10-6-9-4-2-3-5-11(9)12(7-10)17-8-14/h2-7H,8H2,1H3. The number of carbonyl (C=O) groups is 1. The molecule has 0 saturated heterocycles. The van der Waals surface area contributed by atoms with Crippen molar-refractivity contribution in [3.05, 3.63) is 42.0 Å². The number of methoxy groups -OCH3 is 1. The number of hydrogen-bond donors (Lipinski definition) is 0. The molecular weight excluding hydrogens is 284 g/mol. The van der Waals surface area contributed by atoms with E-state index >= 15 is 0 Å². The molecule has 0 bridgehead atoms. The van der Waals surface area contributed by atoms with Gasteiger partial charge in [0, 0.05) is 5.39 Å². The lowest BCUT2D eigenvalue weighted by molar-refractivity contribution is 0.0600. The molecule has 0 aliphatic carbocycles. The van der Waals surface area contributed by atoms with E-state index in [0.29, 0.717) is 16.8 Å². The highest BCUT2D eigenvalue weighted by Crippen LogP contribution is 2.28. The van der Waals surface area contributed by atoms with Crippen LogP contribution in [0.1, 0.15) is 10.4 Å². The lowest BCUT2D eigenvalue weighted by atomic mass is 10.1. The fraction of sp³-hybridized carbons (Fsp3) is 0.154. The smallest absolute Gasteiger partial charge is 0.338 e. The first-order chi connectivity index (χ1) is 8.26. The van der Waals surface area contributed by atoms with E-state index in [2.05, 4.69) is 15.9 Å². The number of alkyl halides is 1. The molecule has 0 amide bonds. The minimum Gasteiger partial charge on any atom is -0.482 e. The molecule has 0 N–H and O–H groups in total. The minimum atomic E-state index is -0.366. The van der Waals surface area contributed by atoms with Crippen molar-refractivity contribution in [3.8, 4) is 5.75 Å². The quantitative estimate of drug-likeness (QED) is 0.643. The number of ether oxygens (including phenoxy) is 2. The van der Waals surface area contributed by atoms with E-state index in [1.165, 1.54) is 7.11 Å². The number of benzene rings is 2. The molecule has 0 atom stereocenters. The first-order valence-corrected chi connectivity index (χ1v) is 6.18. The van der Waals surface area contributed by atoms with Crippen molar-refractivity contribution in [2.75, 3.05) is 12.6 Å². The summed E-state index contributed by atoms with van der Waals surface area (Å²) in [7, 11) is 1.36. The topological polar surface area (TPSA) is 35.5 Å². The van der Waals surface area contributed by atoms with Gasteiger partial charge in [-0.25, -0.2) is 4.79 Å². The van der Waals surface area contributed by atoms with Crippen molar-refractivity contribution in [1.29, 1.82) is 0 Å². The fourth-order valence-corrected chi connectivity index (χ4v) is 1.94. The van der Waals surface area contributed by atoms with Gasteiger partial charge in [-0.1, -0.05) is 24.3 Å². The molecule has 0 heterocycles. The summed E-state index contributed by atoms with van der Waals surface area (Å²) in [5, 5.41) is 1.92. The largest absolute Gasteiger partial charge is 0.482 e. The Bertz CT molecular complexity index is 551. The molecule has 17 heavy (non-hydrogen) atoms. The Morgan fingerprint density at radius 2 is 2.06 bits per heavy atom. The summed E-state index contributed by atoms with van der Waals surface area (Å²) in [6, 6.07) is 11.2. The molecule has 0 aliphatic rings. The average molecular weight is 295 g/mol. The van der Waals surface area contributed by atoms with Crippen molar-refractivity contribution >= 4 is 32.7 Å². The predicted molar refractivity (Wildman–Crippen MR) is 69.7 cm³/mol. The normalized spacial score (nSPS) is 10.2. The molecule has 0 spiro atoms. The second-order valence-corrected chi connectivity index (χ2v) is 3.90. The van der Waals surface area contributed by atoms with Gasteiger partial charge in [-0.3, -0.25) is 0 Å². The van der Waals surface area contributed by atoms with E-state index in [1.807, 2.05) is 24.3 Å². The number of esters is 1. The molecule has 88 valence electrons. The highest BCUT2D eigenvalue weighted by molar-refractivity contribution is 9.09. The minimum absolute atomic E-state index is 0.366. The van der Waals surface area contributed by atoms with Gasteiger partial charge in [0.25, 0.3) is 0 Å². The van der Waals surface area contributed by atoms with Gasteiger partial charge in [0.05, 0.1) is 12.7 Å². The van der Waals surface area contributed by atoms with E-state index in [1.54, 1.807) is 12.1 Å². The van der Waals surface area contributed by atoms with Gasteiger partial charge in [0.1, 0.15) is 11.3 Å². The highest BCUT2D eigenvalue weighted by Gasteiger charge is 2.10. The number of carbonyl (C=O) groups excluding carboxylic acids is 1. The summed E-state index contributed by atoms with van der Waals surface area (Å²) in [5.74, 6) is 0.301. The predicted octanol–water partition coefficient (Wildman–Crippen LogP) is 3.36. The van der Waals surface area contributed by atoms with Gasteiger partial charge in [0.2, 0.25) is 0 Å². The maximum atomic E-state index is 11.5. The van der Waals surface area contributed by atoms with Crippen molar-refractivity contribution in [1.82, 2.24) is 0 Å². The molecule has 2 aromatic carbocycles. The molecule has 0 unspecified atom stereocenters. The van der Waals surface area contributed by atoms with Gasteiger partial charge in [-0.15, -0.1) is 0 Å². The summed E-state index contributed by atoms with van der Waals surface area (Å²) in [6.45, 7) is 0. The highest BCUT2D eigenvalue weighted by atomic mass is 79.9. The van der Waals surface area contributed by atoms with Crippen LogP contribution < -0.4 is 4.74 Å². The molecule has 3 nitrogen and oxygen atoms in total. The van der Waals surface area contributed by atoms with Crippen LogP contribution in [0.15, 0.2) is 36.4 Å². The van der Waals surface area contributed by atoms with Crippen LogP contribution >= 0.6 is 15.9 Å². The van der Waals surface area contributed by atoms with E-state index in [0.717, 1.165) is 10.8 Å². The molecule has 0 saturated carbocycles. The monoisotopic (exact) mass is 294 g/mol. The lowest BCUT2D eigenvalue weighted by Crippen LogP contribution is -2.02. The van der Waals surface area contributed by atoms with E-state index in [9.17, 15) is 4.79 Å². The van der Waals surface area contributed by atoms with Gasteiger partial charge >= 0.3 is 5.97 Å². The summed E-state index contributed by atoms with van der Waals surface area (Å²) in [4.78, 5) is 11.5. The third-order valence-corrected chi connectivity index (χ3v) is 2.68. The Hall–Kier alpha value is -1.55. The number of halogens is 1. The van der Waals surface area contributed by atoms with Crippen LogP contribution in [0.5, 0.6) is 5.75 Å². The van der Waals surface area contributed by atoms with Crippen molar-refractivity contribution in [2.45, 2.75) is 0 Å². The molecular formula is C13H11BrO3. The maximum Gasteiger partial charge on any atom is 0.338 e. The molecule has 2 rings (SSSR count). The maximum absolute atomic E-state index is 11.5. The summed E-state index contributed by atoms with van der Waals surface area (Å²) >= 11 is 3.21. The Morgan fingerprint density at radius 3 is 2.76 bits per heavy atom. The van der Waals surface area contributed by atoms with Crippen LogP contribution in [0, 0.1) is 0 Å². The molecule has 0 fully saturated rings. The SMILES string of the molecule is COC(=O)c1cc(OCBr)c2ccccc2c1. The lowest BCUT2D eigenvalue weighted by Gasteiger charge is -2.09. The number of hydrogen-bond acceptors (Lipinski definition) is 3. The van der Waals surface area contributed by atoms with Gasteiger partial charge < -0.3 is 9.47 Å². The molecule has 0 aromatic heterocycles. The Balaban J connectivity index is 2.62. The molecule has 0 aliphatic heterocycles. The van der Waals surface area contributed by atoms with E-state index < -0.39 is 0 Å². The van der Waals surface area contributed by atoms with E-state index in [4.69, 9.17) is 9.47 Å². The average Bonchev–Trinajstić information content (AvgIpc) is 2.38. The van der Waals surface area contributed by atoms with Crippen LogP contribution in [0.25, 0.3) is 10.8 Å². The number of fused-ring (bicyclic) bond motifs is 1. The van der Waals surface area contributed by atoms with Crippen LogP contribution in [0.4, 0.5) is 0 Å². The zero-order valence-corrected chi connectivity index (χ0v) is 10.9. The molecule has 2 aromatic rings. The molecule has 0 radical (unpaired) electrons. The van der Waals surface area contributed by atoms with Gasteiger partial charge in [-0.2, -0.15) is 0 Å². The Labute approximate surface area is 107 Å². The van der Waals surface area contributed by atoms with Gasteiger partial charge in [0.15, 0.2) is 0 Å². The van der Waals surface area contributed by atoms with E-state index in [-0.39, 0.29) is 5.97 Å².